The van der Waals surface area contributed by atoms with Crippen molar-refractivity contribution in [2.75, 3.05) is 49.7 Å². The van der Waals surface area contributed by atoms with Crippen molar-refractivity contribution in [1.82, 2.24) is 20.0 Å². The van der Waals surface area contributed by atoms with Crippen LogP contribution in [0.3, 0.4) is 0 Å². The summed E-state index contributed by atoms with van der Waals surface area (Å²) >= 11 is 1.97. The highest BCUT2D eigenvalue weighted by Gasteiger charge is 2.40. The molecule has 2 amide bonds. The van der Waals surface area contributed by atoms with E-state index >= 15 is 0 Å². The molecule has 0 unspecified atom stereocenters. The van der Waals surface area contributed by atoms with Crippen molar-refractivity contribution in [2.24, 2.45) is 7.05 Å². The van der Waals surface area contributed by atoms with Crippen LogP contribution in [0.15, 0.2) is 6.07 Å². The Morgan fingerprint density at radius 1 is 1.48 bits per heavy atom. The number of aromatic nitrogens is 2. The SMILES string of the molecule is Cc1cc(NC(=O)NC[C@@]2(N3CCOCC3)CCSC2)n(C)n1. The molecule has 8 heteroatoms. The van der Waals surface area contributed by atoms with Crippen LogP contribution in [0.25, 0.3) is 0 Å². The van der Waals surface area contributed by atoms with Crippen LogP contribution in [-0.4, -0.2) is 70.6 Å². The van der Waals surface area contributed by atoms with Crippen molar-refractivity contribution >= 4 is 23.6 Å². The van der Waals surface area contributed by atoms with E-state index in [0.29, 0.717) is 12.4 Å². The van der Waals surface area contributed by atoms with Gasteiger partial charge in [0.2, 0.25) is 0 Å². The summed E-state index contributed by atoms with van der Waals surface area (Å²) < 4.78 is 7.15. The second kappa shape index (κ2) is 7.11. The number of nitrogens with zero attached hydrogens (tertiary/aromatic N) is 3. The molecule has 1 aromatic heterocycles. The molecule has 7 nitrogen and oxygen atoms in total. The van der Waals surface area contributed by atoms with Crippen LogP contribution in [-0.2, 0) is 11.8 Å². The Kier molecular flexibility index (Phi) is 5.13. The van der Waals surface area contributed by atoms with E-state index in [2.05, 4.69) is 20.6 Å². The summed E-state index contributed by atoms with van der Waals surface area (Å²) in [5.41, 5.74) is 0.952. The Balaban J connectivity index is 1.58. The molecule has 1 aromatic rings. The van der Waals surface area contributed by atoms with Gasteiger partial charge in [0.25, 0.3) is 0 Å². The van der Waals surface area contributed by atoms with Crippen molar-refractivity contribution in [3.8, 4) is 0 Å². The third-order valence-electron chi connectivity index (χ3n) is 4.59. The first-order valence-corrected chi connectivity index (χ1v) is 9.21. The van der Waals surface area contributed by atoms with Crippen LogP contribution in [0.4, 0.5) is 10.6 Å². The maximum absolute atomic E-state index is 12.2. The Labute approximate surface area is 141 Å². The van der Waals surface area contributed by atoms with E-state index in [-0.39, 0.29) is 11.6 Å². The normalized spacial score (nSPS) is 25.5. The molecular weight excluding hydrogens is 314 g/mol. The number of rotatable bonds is 4. The highest BCUT2D eigenvalue weighted by molar-refractivity contribution is 7.99. The Morgan fingerprint density at radius 3 is 2.87 bits per heavy atom. The molecule has 128 valence electrons. The average Bonchev–Trinajstić information content (AvgIpc) is 3.14. The number of carbonyl (C=O) groups is 1. The van der Waals surface area contributed by atoms with Crippen LogP contribution < -0.4 is 10.6 Å². The van der Waals surface area contributed by atoms with E-state index in [0.717, 1.165) is 49.9 Å². The van der Waals surface area contributed by atoms with Gasteiger partial charge >= 0.3 is 6.03 Å². The lowest BCUT2D eigenvalue weighted by Gasteiger charge is -2.43. The molecule has 2 aliphatic rings. The fourth-order valence-electron chi connectivity index (χ4n) is 3.27. The number of thioether (sulfide) groups is 1. The predicted octanol–water partition coefficient (Wildman–Crippen LogP) is 1.06. The quantitative estimate of drug-likeness (QED) is 0.858. The zero-order chi connectivity index (χ0) is 16.3. The third kappa shape index (κ3) is 3.81. The maximum atomic E-state index is 12.2. The number of urea groups is 1. The second-order valence-electron chi connectivity index (χ2n) is 6.23. The minimum Gasteiger partial charge on any atom is -0.379 e. The molecule has 3 rings (SSSR count). The number of morpholine rings is 1. The molecule has 0 aromatic carbocycles. The van der Waals surface area contributed by atoms with Crippen LogP contribution >= 0.6 is 11.8 Å². The summed E-state index contributed by atoms with van der Waals surface area (Å²) in [6.07, 6.45) is 1.11. The monoisotopic (exact) mass is 339 g/mol. The molecule has 0 saturated carbocycles. The molecule has 2 fully saturated rings. The van der Waals surface area contributed by atoms with Gasteiger partial charge in [0, 0.05) is 44.0 Å². The van der Waals surface area contributed by atoms with Crippen LogP contribution in [0, 0.1) is 6.92 Å². The Morgan fingerprint density at radius 2 is 2.26 bits per heavy atom. The number of anilines is 1. The number of nitrogens with one attached hydrogen (secondary N) is 2. The number of hydrogen-bond acceptors (Lipinski definition) is 5. The van der Waals surface area contributed by atoms with Gasteiger partial charge in [0.05, 0.1) is 18.9 Å². The number of ether oxygens (including phenoxy) is 1. The molecule has 0 aliphatic carbocycles. The molecule has 2 aliphatic heterocycles. The van der Waals surface area contributed by atoms with Crippen molar-refractivity contribution in [3.05, 3.63) is 11.8 Å². The van der Waals surface area contributed by atoms with Gasteiger partial charge in [-0.1, -0.05) is 0 Å². The number of amides is 2. The highest BCUT2D eigenvalue weighted by atomic mass is 32.2. The van der Waals surface area contributed by atoms with Gasteiger partial charge in [-0.15, -0.1) is 0 Å². The smallest absolute Gasteiger partial charge is 0.320 e. The topological polar surface area (TPSA) is 71.4 Å². The number of hydrogen-bond donors (Lipinski definition) is 2. The van der Waals surface area contributed by atoms with Gasteiger partial charge in [-0.25, -0.2) is 4.79 Å². The van der Waals surface area contributed by atoms with Gasteiger partial charge in [0.15, 0.2) is 0 Å². The first-order valence-electron chi connectivity index (χ1n) is 8.05. The second-order valence-corrected chi connectivity index (χ2v) is 7.33. The van der Waals surface area contributed by atoms with Gasteiger partial charge in [-0.3, -0.25) is 14.9 Å². The van der Waals surface area contributed by atoms with Gasteiger partial charge in [-0.2, -0.15) is 16.9 Å². The zero-order valence-corrected chi connectivity index (χ0v) is 14.6. The minimum atomic E-state index is -0.169. The molecule has 3 heterocycles. The summed E-state index contributed by atoms with van der Waals surface area (Å²) in [4.78, 5) is 14.7. The van der Waals surface area contributed by atoms with E-state index < -0.39 is 0 Å². The highest BCUT2D eigenvalue weighted by Crippen LogP contribution is 2.33. The number of carbonyl (C=O) groups excluding carboxylic acids is 1. The summed E-state index contributed by atoms with van der Waals surface area (Å²) in [7, 11) is 1.82. The lowest BCUT2D eigenvalue weighted by molar-refractivity contribution is -0.0123. The van der Waals surface area contributed by atoms with Crippen LogP contribution in [0.5, 0.6) is 0 Å². The maximum Gasteiger partial charge on any atom is 0.320 e. The van der Waals surface area contributed by atoms with Crippen molar-refractivity contribution in [3.63, 3.8) is 0 Å². The standard InChI is InChI=1S/C15H25N5O2S/c1-12-9-13(19(2)18-12)17-14(21)16-10-15(3-8-23-11-15)20-4-6-22-7-5-20/h9H,3-8,10-11H2,1-2H3,(H2,16,17,21)/t15-/m0/s1. The van der Waals surface area contributed by atoms with Crippen molar-refractivity contribution in [1.29, 1.82) is 0 Å². The molecule has 23 heavy (non-hydrogen) atoms. The lowest BCUT2D eigenvalue weighted by atomic mass is 9.95. The molecule has 1 atom stereocenters. The van der Waals surface area contributed by atoms with E-state index in [1.165, 1.54) is 0 Å². The van der Waals surface area contributed by atoms with Crippen LogP contribution in [0.1, 0.15) is 12.1 Å². The largest absolute Gasteiger partial charge is 0.379 e. The summed E-state index contributed by atoms with van der Waals surface area (Å²) in [6.45, 7) is 6.05. The van der Waals surface area contributed by atoms with Crippen molar-refractivity contribution in [2.45, 2.75) is 18.9 Å². The summed E-state index contributed by atoms with van der Waals surface area (Å²) in [5.74, 6) is 2.93. The fraction of sp³-hybridized carbons (Fsp3) is 0.733. The van der Waals surface area contributed by atoms with Gasteiger partial charge < -0.3 is 10.1 Å². The fourth-order valence-corrected chi connectivity index (χ4v) is 4.75. The predicted molar refractivity (Wildman–Crippen MR) is 92.0 cm³/mol. The number of aryl methyl sites for hydroxylation is 2. The minimum absolute atomic E-state index is 0.0637. The zero-order valence-electron chi connectivity index (χ0n) is 13.8. The first-order chi connectivity index (χ1) is 11.1. The average molecular weight is 339 g/mol. The molecule has 0 bridgehead atoms. The third-order valence-corrected chi connectivity index (χ3v) is 5.82. The van der Waals surface area contributed by atoms with Crippen LogP contribution in [0.2, 0.25) is 0 Å². The molecule has 0 spiro atoms. The summed E-state index contributed by atoms with van der Waals surface area (Å²) in [5, 5.41) is 10.2. The van der Waals surface area contributed by atoms with Gasteiger partial charge in [0.1, 0.15) is 5.82 Å². The van der Waals surface area contributed by atoms with E-state index in [1.807, 2.05) is 31.8 Å². The molecule has 0 radical (unpaired) electrons. The van der Waals surface area contributed by atoms with E-state index in [9.17, 15) is 4.79 Å². The Hall–Kier alpha value is -1.25. The molecule has 2 N–H and O–H groups in total. The molecule has 2 saturated heterocycles. The van der Waals surface area contributed by atoms with E-state index in [1.54, 1.807) is 4.68 Å². The first kappa shape index (κ1) is 16.6. The van der Waals surface area contributed by atoms with Crippen molar-refractivity contribution < 1.29 is 9.53 Å². The van der Waals surface area contributed by atoms with Gasteiger partial charge in [-0.05, 0) is 19.1 Å². The lowest BCUT2D eigenvalue weighted by Crippen LogP contribution is -2.59. The summed E-state index contributed by atoms with van der Waals surface area (Å²) in [6, 6.07) is 1.69. The Bertz CT molecular complexity index is 550. The van der Waals surface area contributed by atoms with E-state index in [4.69, 9.17) is 4.74 Å². The molecular formula is C15H25N5O2S.